The van der Waals surface area contributed by atoms with Crippen LogP contribution in [0.2, 0.25) is 5.02 Å². The molecule has 2 rings (SSSR count). The fraction of sp³-hybridized carbons (Fsp3) is 0. The summed E-state index contributed by atoms with van der Waals surface area (Å²) in [5.41, 5.74) is 1.42. The normalized spacial score (nSPS) is 10.1. The third kappa shape index (κ3) is 2.01. The Bertz CT molecular complexity index is 529. The highest BCUT2D eigenvalue weighted by Crippen LogP contribution is 2.25. The summed E-state index contributed by atoms with van der Waals surface area (Å²) in [5.74, 6) is -1.05. The number of aromatic nitrogens is 2. The van der Waals surface area contributed by atoms with Crippen LogP contribution in [-0.4, -0.2) is 21.0 Å². The second kappa shape index (κ2) is 4.28. The van der Waals surface area contributed by atoms with Crippen molar-refractivity contribution < 1.29 is 9.90 Å². The van der Waals surface area contributed by atoms with Gasteiger partial charge in [-0.15, -0.1) is 0 Å². The quantitative estimate of drug-likeness (QED) is 0.867. The highest BCUT2D eigenvalue weighted by Gasteiger charge is 2.09. The fourth-order valence-electron chi connectivity index (χ4n) is 1.28. The molecular formula is C11H7ClN2O2. The predicted octanol–water partition coefficient (Wildman–Crippen LogP) is 2.50. The van der Waals surface area contributed by atoms with Crippen LogP contribution in [0.5, 0.6) is 0 Å². The molecule has 2 aromatic heterocycles. The van der Waals surface area contributed by atoms with Crippen molar-refractivity contribution >= 4 is 17.6 Å². The Labute approximate surface area is 96.6 Å². The van der Waals surface area contributed by atoms with E-state index in [1.54, 1.807) is 24.5 Å². The number of carboxylic acids is 1. The molecule has 0 aliphatic rings. The predicted molar refractivity (Wildman–Crippen MR) is 59.4 cm³/mol. The molecule has 0 amide bonds. The molecular weight excluding hydrogens is 228 g/mol. The van der Waals surface area contributed by atoms with Gasteiger partial charge < -0.3 is 5.11 Å². The van der Waals surface area contributed by atoms with Crippen LogP contribution < -0.4 is 0 Å². The van der Waals surface area contributed by atoms with Crippen LogP contribution in [0.1, 0.15) is 10.4 Å². The highest BCUT2D eigenvalue weighted by atomic mass is 35.5. The lowest BCUT2D eigenvalue weighted by molar-refractivity contribution is 0.0696. The summed E-state index contributed by atoms with van der Waals surface area (Å²) in [7, 11) is 0. The molecule has 0 saturated heterocycles. The Hall–Kier alpha value is -1.94. The average molecular weight is 235 g/mol. The van der Waals surface area contributed by atoms with Gasteiger partial charge in [0, 0.05) is 24.2 Å². The maximum Gasteiger partial charge on any atom is 0.337 e. The molecule has 1 N–H and O–H groups in total. The first-order valence-electron chi connectivity index (χ1n) is 4.47. The van der Waals surface area contributed by atoms with E-state index in [9.17, 15) is 4.79 Å². The van der Waals surface area contributed by atoms with Crippen molar-refractivity contribution in [1.82, 2.24) is 9.97 Å². The molecule has 0 atom stereocenters. The van der Waals surface area contributed by atoms with E-state index < -0.39 is 5.97 Å². The third-order valence-corrected chi connectivity index (χ3v) is 2.33. The molecule has 2 heterocycles. The van der Waals surface area contributed by atoms with Gasteiger partial charge >= 0.3 is 5.97 Å². The number of carboxylic acid groups (broad SMARTS) is 1. The second-order valence-corrected chi connectivity index (χ2v) is 3.50. The lowest BCUT2D eigenvalue weighted by atomic mass is 10.1. The van der Waals surface area contributed by atoms with E-state index in [0.717, 1.165) is 5.56 Å². The van der Waals surface area contributed by atoms with E-state index >= 15 is 0 Å². The second-order valence-electron chi connectivity index (χ2n) is 3.10. The Morgan fingerprint density at radius 1 is 1.31 bits per heavy atom. The average Bonchev–Trinajstić information content (AvgIpc) is 2.30. The monoisotopic (exact) mass is 234 g/mol. The van der Waals surface area contributed by atoms with Crippen LogP contribution in [0.4, 0.5) is 0 Å². The maximum atomic E-state index is 10.7. The van der Waals surface area contributed by atoms with Crippen molar-refractivity contribution in [3.8, 4) is 11.3 Å². The van der Waals surface area contributed by atoms with Crippen LogP contribution in [0.15, 0.2) is 36.8 Å². The largest absolute Gasteiger partial charge is 0.478 e. The SMILES string of the molecule is O=C(O)c1cnc(-c2ccncc2)c(Cl)c1. The van der Waals surface area contributed by atoms with E-state index in [0.29, 0.717) is 10.7 Å². The number of halogens is 1. The molecule has 0 unspecified atom stereocenters. The molecule has 0 saturated carbocycles. The van der Waals surface area contributed by atoms with Crippen molar-refractivity contribution in [2.24, 2.45) is 0 Å². The fourth-order valence-corrected chi connectivity index (χ4v) is 1.55. The summed E-state index contributed by atoms with van der Waals surface area (Å²) in [5, 5.41) is 9.07. The summed E-state index contributed by atoms with van der Waals surface area (Å²) in [6, 6.07) is 4.90. The zero-order valence-corrected chi connectivity index (χ0v) is 8.85. The minimum absolute atomic E-state index is 0.0720. The van der Waals surface area contributed by atoms with Crippen LogP contribution in [0, 0.1) is 0 Å². The standard InChI is InChI=1S/C11H7ClN2O2/c12-9-5-8(11(15)16)6-14-10(9)7-1-3-13-4-2-7/h1-6H,(H,15,16). The van der Waals surface area contributed by atoms with Gasteiger partial charge in [-0.3, -0.25) is 9.97 Å². The number of carbonyl (C=O) groups is 1. The summed E-state index contributed by atoms with van der Waals surface area (Å²) in [4.78, 5) is 18.6. The number of pyridine rings is 2. The zero-order chi connectivity index (χ0) is 11.5. The smallest absolute Gasteiger partial charge is 0.337 e. The van der Waals surface area contributed by atoms with Crippen molar-refractivity contribution in [2.45, 2.75) is 0 Å². The summed E-state index contributed by atoms with van der Waals surface area (Å²) in [6.07, 6.45) is 4.53. The van der Waals surface area contributed by atoms with Gasteiger partial charge in [0.25, 0.3) is 0 Å². The highest BCUT2D eigenvalue weighted by molar-refractivity contribution is 6.33. The number of hydrogen-bond donors (Lipinski definition) is 1. The van der Waals surface area contributed by atoms with Crippen LogP contribution in [0.3, 0.4) is 0 Å². The molecule has 0 aromatic carbocycles. The summed E-state index contributed by atoms with van der Waals surface area (Å²) >= 11 is 5.96. The molecule has 0 spiro atoms. The number of hydrogen-bond acceptors (Lipinski definition) is 3. The first-order valence-corrected chi connectivity index (χ1v) is 4.85. The van der Waals surface area contributed by atoms with E-state index in [1.165, 1.54) is 12.3 Å². The molecule has 0 aliphatic heterocycles. The molecule has 0 radical (unpaired) electrons. The molecule has 5 heteroatoms. The zero-order valence-electron chi connectivity index (χ0n) is 8.09. The Morgan fingerprint density at radius 3 is 2.56 bits per heavy atom. The Balaban J connectivity index is 2.48. The van der Waals surface area contributed by atoms with Crippen molar-refractivity contribution in [2.75, 3.05) is 0 Å². The molecule has 0 bridgehead atoms. The van der Waals surface area contributed by atoms with Gasteiger partial charge in [-0.25, -0.2) is 4.79 Å². The van der Waals surface area contributed by atoms with E-state index in [2.05, 4.69) is 9.97 Å². The Kier molecular flexibility index (Phi) is 2.83. The molecule has 2 aromatic rings. The molecule has 80 valence electrons. The molecule has 0 aliphatic carbocycles. The Morgan fingerprint density at radius 2 is 2.00 bits per heavy atom. The van der Waals surface area contributed by atoms with Gasteiger partial charge in [-0.2, -0.15) is 0 Å². The summed E-state index contributed by atoms with van der Waals surface area (Å²) < 4.78 is 0. The number of rotatable bonds is 2. The van der Waals surface area contributed by atoms with Gasteiger partial charge in [0.05, 0.1) is 16.3 Å². The van der Waals surface area contributed by atoms with Gasteiger partial charge in [0.1, 0.15) is 0 Å². The molecule has 4 nitrogen and oxygen atoms in total. The van der Waals surface area contributed by atoms with Crippen molar-refractivity contribution in [3.05, 3.63) is 47.4 Å². The third-order valence-electron chi connectivity index (χ3n) is 2.04. The first kappa shape index (κ1) is 10.6. The van der Waals surface area contributed by atoms with Crippen LogP contribution in [0.25, 0.3) is 11.3 Å². The van der Waals surface area contributed by atoms with Crippen molar-refractivity contribution in [1.29, 1.82) is 0 Å². The van der Waals surface area contributed by atoms with E-state index in [1.807, 2.05) is 0 Å². The van der Waals surface area contributed by atoms with Gasteiger partial charge in [0.15, 0.2) is 0 Å². The van der Waals surface area contributed by atoms with Crippen molar-refractivity contribution in [3.63, 3.8) is 0 Å². The summed E-state index contributed by atoms with van der Waals surface area (Å²) in [6.45, 7) is 0. The van der Waals surface area contributed by atoms with E-state index in [4.69, 9.17) is 16.7 Å². The van der Waals surface area contributed by atoms with Gasteiger partial charge in [-0.1, -0.05) is 11.6 Å². The number of aromatic carboxylic acids is 1. The van der Waals surface area contributed by atoms with E-state index in [-0.39, 0.29) is 5.56 Å². The van der Waals surface area contributed by atoms with Gasteiger partial charge in [0.2, 0.25) is 0 Å². The number of nitrogens with zero attached hydrogens (tertiary/aromatic N) is 2. The minimum Gasteiger partial charge on any atom is -0.478 e. The first-order chi connectivity index (χ1) is 7.68. The van der Waals surface area contributed by atoms with Gasteiger partial charge in [-0.05, 0) is 18.2 Å². The lowest BCUT2D eigenvalue weighted by Crippen LogP contribution is -1.98. The topological polar surface area (TPSA) is 63.1 Å². The molecule has 16 heavy (non-hydrogen) atoms. The maximum absolute atomic E-state index is 10.7. The molecule has 0 fully saturated rings. The van der Waals surface area contributed by atoms with Crippen LogP contribution >= 0.6 is 11.6 Å². The minimum atomic E-state index is -1.05. The lowest BCUT2D eigenvalue weighted by Gasteiger charge is -2.03. The van der Waals surface area contributed by atoms with Crippen LogP contribution in [-0.2, 0) is 0 Å².